The van der Waals surface area contributed by atoms with Crippen LogP contribution in [0.5, 0.6) is 0 Å². The van der Waals surface area contributed by atoms with Crippen molar-refractivity contribution in [2.45, 2.75) is 25.4 Å². The molecule has 7 heteroatoms. The van der Waals surface area contributed by atoms with Gasteiger partial charge in [-0.25, -0.2) is 14.5 Å². The molecule has 2 amide bonds. The first-order valence-corrected chi connectivity index (χ1v) is 8.77. The molecule has 0 saturated carbocycles. The molecule has 0 bridgehead atoms. The third kappa shape index (κ3) is 2.90. The van der Waals surface area contributed by atoms with Crippen LogP contribution in [0, 0.1) is 0 Å². The summed E-state index contributed by atoms with van der Waals surface area (Å²) in [5.74, 6) is 0.822. The monoisotopic (exact) mass is 339 g/mol. The molecule has 2 N–H and O–H groups in total. The van der Waals surface area contributed by atoms with Crippen LogP contribution in [0.1, 0.15) is 24.7 Å². The van der Waals surface area contributed by atoms with Crippen LogP contribution in [0.3, 0.4) is 0 Å². The van der Waals surface area contributed by atoms with Crippen molar-refractivity contribution < 1.29 is 4.79 Å². The van der Waals surface area contributed by atoms with Gasteiger partial charge in [-0.1, -0.05) is 24.3 Å². The number of hydrogen-bond acceptors (Lipinski definition) is 4. The van der Waals surface area contributed by atoms with E-state index in [0.29, 0.717) is 0 Å². The van der Waals surface area contributed by atoms with Crippen LogP contribution in [-0.4, -0.2) is 20.8 Å². The van der Waals surface area contributed by atoms with E-state index in [4.69, 9.17) is 0 Å². The first-order valence-electron chi connectivity index (χ1n) is 7.89. The van der Waals surface area contributed by atoms with E-state index >= 15 is 0 Å². The van der Waals surface area contributed by atoms with Crippen molar-refractivity contribution in [2.24, 2.45) is 0 Å². The molecule has 24 heavy (non-hydrogen) atoms. The van der Waals surface area contributed by atoms with Crippen molar-refractivity contribution in [2.75, 3.05) is 5.32 Å². The number of hydrogen-bond donors (Lipinski definition) is 2. The maximum absolute atomic E-state index is 12.5. The highest BCUT2D eigenvalue weighted by molar-refractivity contribution is 7.13. The van der Waals surface area contributed by atoms with Gasteiger partial charge in [-0.3, -0.25) is 0 Å². The van der Waals surface area contributed by atoms with Gasteiger partial charge >= 0.3 is 6.03 Å². The van der Waals surface area contributed by atoms with Crippen LogP contribution in [0.4, 0.5) is 10.5 Å². The van der Waals surface area contributed by atoms with Gasteiger partial charge in [-0.2, -0.15) is 5.10 Å². The molecule has 1 aliphatic heterocycles. The fourth-order valence-corrected chi connectivity index (χ4v) is 3.75. The molecule has 122 valence electrons. The Kier molecular flexibility index (Phi) is 4.00. The lowest BCUT2D eigenvalue weighted by Gasteiger charge is -2.23. The molecular formula is C17H17N5OS. The van der Waals surface area contributed by atoms with Crippen molar-refractivity contribution in [3.8, 4) is 10.4 Å². The summed E-state index contributed by atoms with van der Waals surface area (Å²) in [6.07, 6.45) is 3.39. The number of anilines is 1. The van der Waals surface area contributed by atoms with Crippen molar-refractivity contribution >= 4 is 23.1 Å². The zero-order valence-electron chi connectivity index (χ0n) is 13.0. The average molecular weight is 339 g/mol. The van der Waals surface area contributed by atoms with E-state index in [1.54, 1.807) is 17.7 Å². The number of urea groups is 1. The Hall–Kier alpha value is -2.67. The Balaban J connectivity index is 1.50. The van der Waals surface area contributed by atoms with Gasteiger partial charge in [0.15, 0.2) is 0 Å². The van der Waals surface area contributed by atoms with Gasteiger partial charge < -0.3 is 10.6 Å². The SMILES string of the molecule is O=C(Nc1ccccc1-c1cccs1)N[C@@H]1CCCn2ncnc21. The largest absolute Gasteiger partial charge is 0.328 e. The number of aryl methyl sites for hydroxylation is 1. The van der Waals surface area contributed by atoms with Gasteiger partial charge in [-0.05, 0) is 30.4 Å². The molecule has 3 heterocycles. The molecule has 0 radical (unpaired) electrons. The second-order valence-electron chi connectivity index (χ2n) is 5.66. The standard InChI is InChI=1S/C17H17N5OS/c23-17(21-14-7-3-9-22-16(14)18-11-19-22)20-13-6-2-1-5-12(13)15-8-4-10-24-15/h1-2,4-6,8,10-11,14H,3,7,9H2,(H2,20,21,23)/t14-/m1/s1. The molecule has 0 unspecified atom stereocenters. The lowest BCUT2D eigenvalue weighted by atomic mass is 10.1. The highest BCUT2D eigenvalue weighted by Crippen LogP contribution is 2.31. The lowest BCUT2D eigenvalue weighted by molar-refractivity contribution is 0.244. The lowest BCUT2D eigenvalue weighted by Crippen LogP contribution is -2.36. The number of carbonyl (C=O) groups is 1. The van der Waals surface area contributed by atoms with E-state index in [-0.39, 0.29) is 12.1 Å². The van der Waals surface area contributed by atoms with E-state index in [0.717, 1.165) is 41.3 Å². The van der Waals surface area contributed by atoms with E-state index in [1.165, 1.54) is 0 Å². The van der Waals surface area contributed by atoms with Crippen LogP contribution in [0.25, 0.3) is 10.4 Å². The van der Waals surface area contributed by atoms with Gasteiger partial charge in [0.1, 0.15) is 12.2 Å². The Morgan fingerprint density at radius 1 is 1.25 bits per heavy atom. The highest BCUT2D eigenvalue weighted by atomic mass is 32.1. The Morgan fingerprint density at radius 3 is 3.04 bits per heavy atom. The molecule has 4 rings (SSSR count). The number of rotatable bonds is 3. The summed E-state index contributed by atoms with van der Waals surface area (Å²) in [6, 6.07) is 11.6. The van der Waals surface area contributed by atoms with E-state index in [2.05, 4.69) is 20.7 Å². The number of benzene rings is 1. The van der Waals surface area contributed by atoms with Gasteiger partial charge in [0.2, 0.25) is 0 Å². The predicted octanol–water partition coefficient (Wildman–Crippen LogP) is 3.66. The normalized spacial score (nSPS) is 16.4. The number of nitrogens with zero attached hydrogens (tertiary/aromatic N) is 3. The summed E-state index contributed by atoms with van der Waals surface area (Å²) in [5, 5.41) is 12.2. The fraction of sp³-hybridized carbons (Fsp3) is 0.235. The third-order valence-electron chi connectivity index (χ3n) is 4.09. The molecule has 0 fully saturated rings. The number of fused-ring (bicyclic) bond motifs is 1. The summed E-state index contributed by atoms with van der Waals surface area (Å²) in [7, 11) is 0. The summed E-state index contributed by atoms with van der Waals surface area (Å²) in [4.78, 5) is 17.9. The minimum atomic E-state index is -0.222. The quantitative estimate of drug-likeness (QED) is 0.765. The number of thiophene rings is 1. The second-order valence-corrected chi connectivity index (χ2v) is 6.61. The van der Waals surface area contributed by atoms with Gasteiger partial charge in [0, 0.05) is 17.0 Å². The fourth-order valence-electron chi connectivity index (χ4n) is 2.98. The smallest absolute Gasteiger partial charge is 0.319 e. The minimum absolute atomic E-state index is 0.102. The topological polar surface area (TPSA) is 71.8 Å². The molecule has 6 nitrogen and oxygen atoms in total. The molecule has 0 saturated heterocycles. The van der Waals surface area contributed by atoms with Crippen LogP contribution in [-0.2, 0) is 6.54 Å². The minimum Gasteiger partial charge on any atom is -0.328 e. The van der Waals surface area contributed by atoms with E-state index < -0.39 is 0 Å². The van der Waals surface area contributed by atoms with Gasteiger partial charge in [0.05, 0.1) is 11.7 Å². The van der Waals surface area contributed by atoms with Crippen LogP contribution < -0.4 is 10.6 Å². The molecule has 1 atom stereocenters. The van der Waals surface area contributed by atoms with Crippen LogP contribution in [0.2, 0.25) is 0 Å². The van der Waals surface area contributed by atoms with E-state index in [9.17, 15) is 4.79 Å². The average Bonchev–Trinajstić information content (AvgIpc) is 3.27. The van der Waals surface area contributed by atoms with Gasteiger partial charge in [0.25, 0.3) is 0 Å². The predicted molar refractivity (Wildman–Crippen MR) is 93.9 cm³/mol. The number of amides is 2. The Bertz CT molecular complexity index is 842. The third-order valence-corrected chi connectivity index (χ3v) is 4.99. The first-order chi connectivity index (χ1) is 11.8. The Labute approximate surface area is 143 Å². The van der Waals surface area contributed by atoms with Crippen molar-refractivity contribution in [3.63, 3.8) is 0 Å². The Morgan fingerprint density at radius 2 is 2.17 bits per heavy atom. The molecule has 1 aromatic carbocycles. The summed E-state index contributed by atoms with van der Waals surface area (Å²) < 4.78 is 1.86. The number of para-hydroxylation sites is 1. The summed E-state index contributed by atoms with van der Waals surface area (Å²) >= 11 is 1.65. The zero-order valence-corrected chi connectivity index (χ0v) is 13.8. The summed E-state index contributed by atoms with van der Waals surface area (Å²) in [6.45, 7) is 0.857. The molecular weight excluding hydrogens is 322 g/mol. The van der Waals surface area contributed by atoms with Crippen molar-refractivity contribution in [3.05, 3.63) is 53.9 Å². The van der Waals surface area contributed by atoms with Crippen LogP contribution >= 0.6 is 11.3 Å². The zero-order chi connectivity index (χ0) is 16.4. The van der Waals surface area contributed by atoms with Crippen molar-refractivity contribution in [1.82, 2.24) is 20.1 Å². The van der Waals surface area contributed by atoms with Crippen molar-refractivity contribution in [1.29, 1.82) is 0 Å². The van der Waals surface area contributed by atoms with Gasteiger partial charge in [-0.15, -0.1) is 11.3 Å². The molecule has 2 aromatic heterocycles. The highest BCUT2D eigenvalue weighted by Gasteiger charge is 2.24. The molecule has 0 aliphatic carbocycles. The number of aromatic nitrogens is 3. The molecule has 0 spiro atoms. The second kappa shape index (κ2) is 6.45. The first kappa shape index (κ1) is 14.9. The maximum Gasteiger partial charge on any atom is 0.319 e. The number of nitrogens with one attached hydrogen (secondary N) is 2. The molecule has 1 aliphatic rings. The maximum atomic E-state index is 12.5. The summed E-state index contributed by atoms with van der Waals surface area (Å²) in [5.41, 5.74) is 1.82. The number of carbonyl (C=O) groups excluding carboxylic acids is 1. The van der Waals surface area contributed by atoms with Crippen LogP contribution in [0.15, 0.2) is 48.1 Å². The van der Waals surface area contributed by atoms with E-state index in [1.807, 2.05) is 46.5 Å². The molecule has 3 aromatic rings.